The number of urea groups is 1. The summed E-state index contributed by atoms with van der Waals surface area (Å²) in [7, 11) is 1.58. The summed E-state index contributed by atoms with van der Waals surface area (Å²) in [5, 5.41) is 15.1. The van der Waals surface area contributed by atoms with Crippen LogP contribution in [0, 0.1) is 6.92 Å². The molecule has 0 radical (unpaired) electrons. The number of carbonyl (C=O) groups is 1. The molecule has 2 heterocycles. The Hall–Kier alpha value is -1.93. The molecule has 1 saturated carbocycles. The van der Waals surface area contributed by atoms with Crippen molar-refractivity contribution in [1.29, 1.82) is 0 Å². The number of methoxy groups -OCH3 is 1. The second-order valence-electron chi connectivity index (χ2n) is 5.27. The molecule has 1 aliphatic carbocycles. The Morgan fingerprint density at radius 3 is 2.95 bits per heavy atom. The number of carbonyl (C=O) groups excluding carboxylic acids is 1. The Balaban J connectivity index is 1.60. The molecule has 22 heavy (non-hydrogen) atoms. The molecule has 1 fully saturated rings. The van der Waals surface area contributed by atoms with Crippen molar-refractivity contribution in [3.63, 3.8) is 0 Å². The van der Waals surface area contributed by atoms with E-state index in [1.165, 1.54) is 11.3 Å². The Bertz CT molecular complexity index is 650. The number of hydrogen-bond acceptors (Lipinski definition) is 6. The Labute approximate surface area is 132 Å². The van der Waals surface area contributed by atoms with Crippen molar-refractivity contribution in [2.24, 2.45) is 0 Å². The summed E-state index contributed by atoms with van der Waals surface area (Å²) in [6.45, 7) is 2.18. The first kappa shape index (κ1) is 15.0. The maximum Gasteiger partial charge on any atom is 0.321 e. The number of furan rings is 1. The van der Waals surface area contributed by atoms with Crippen molar-refractivity contribution in [2.75, 3.05) is 19.0 Å². The lowest BCUT2D eigenvalue weighted by molar-refractivity contribution is 0.158. The summed E-state index contributed by atoms with van der Waals surface area (Å²) >= 11 is 1.42. The van der Waals surface area contributed by atoms with Gasteiger partial charge in [-0.25, -0.2) is 4.79 Å². The van der Waals surface area contributed by atoms with E-state index in [1.54, 1.807) is 7.11 Å². The van der Waals surface area contributed by atoms with Gasteiger partial charge in [0.15, 0.2) is 0 Å². The van der Waals surface area contributed by atoms with Crippen LogP contribution >= 0.6 is 11.3 Å². The minimum Gasteiger partial charge on any atom is -0.464 e. The van der Waals surface area contributed by atoms with E-state index >= 15 is 0 Å². The second-order valence-corrected chi connectivity index (χ2v) is 6.28. The number of aromatic nitrogens is 2. The van der Waals surface area contributed by atoms with Crippen molar-refractivity contribution in [1.82, 2.24) is 15.5 Å². The van der Waals surface area contributed by atoms with Crippen LogP contribution < -0.4 is 10.6 Å². The zero-order valence-corrected chi connectivity index (χ0v) is 13.3. The van der Waals surface area contributed by atoms with Gasteiger partial charge in [-0.05, 0) is 31.9 Å². The number of nitrogens with zero attached hydrogens (tertiary/aromatic N) is 2. The molecule has 0 aromatic carbocycles. The van der Waals surface area contributed by atoms with Gasteiger partial charge in [0.1, 0.15) is 22.6 Å². The summed E-state index contributed by atoms with van der Waals surface area (Å²) in [6, 6.07) is 2.98. The van der Waals surface area contributed by atoms with E-state index in [1.807, 2.05) is 19.1 Å². The molecule has 8 heteroatoms. The van der Waals surface area contributed by atoms with Crippen molar-refractivity contribution in [2.45, 2.75) is 31.7 Å². The van der Waals surface area contributed by atoms with Crippen LogP contribution in [-0.4, -0.2) is 29.9 Å². The van der Waals surface area contributed by atoms with E-state index in [4.69, 9.17) is 9.15 Å². The molecule has 2 N–H and O–H groups in total. The molecule has 0 unspecified atom stereocenters. The number of amides is 2. The highest BCUT2D eigenvalue weighted by Gasteiger charge is 2.28. The molecule has 0 spiro atoms. The van der Waals surface area contributed by atoms with Crippen LogP contribution in [0.1, 0.15) is 41.3 Å². The highest BCUT2D eigenvalue weighted by atomic mass is 32.1. The lowest BCUT2D eigenvalue weighted by atomic mass is 10.2. The average Bonchev–Trinajstić information content (AvgIpc) is 3.08. The first-order valence-corrected chi connectivity index (χ1v) is 7.93. The lowest BCUT2D eigenvalue weighted by Crippen LogP contribution is -2.34. The van der Waals surface area contributed by atoms with Crippen LogP contribution in [0.2, 0.25) is 0 Å². The first-order valence-electron chi connectivity index (χ1n) is 7.12. The maximum atomic E-state index is 12.1. The third-order valence-electron chi connectivity index (χ3n) is 3.33. The van der Waals surface area contributed by atoms with Crippen LogP contribution in [0.3, 0.4) is 0 Å². The minimum atomic E-state index is -0.352. The lowest BCUT2D eigenvalue weighted by Gasteiger charge is -2.15. The summed E-state index contributed by atoms with van der Waals surface area (Å²) in [6.07, 6.45) is 2.32. The van der Waals surface area contributed by atoms with Crippen LogP contribution in [-0.2, 0) is 4.74 Å². The molecule has 0 saturated heterocycles. The van der Waals surface area contributed by atoms with Gasteiger partial charge >= 0.3 is 6.03 Å². The Morgan fingerprint density at radius 1 is 1.50 bits per heavy atom. The van der Waals surface area contributed by atoms with Crippen LogP contribution in [0.4, 0.5) is 9.93 Å². The van der Waals surface area contributed by atoms with E-state index in [0.717, 1.165) is 23.6 Å². The molecular weight excluding hydrogens is 304 g/mol. The van der Waals surface area contributed by atoms with Crippen molar-refractivity contribution < 1.29 is 13.9 Å². The van der Waals surface area contributed by atoms with Gasteiger partial charge in [-0.3, -0.25) is 5.32 Å². The van der Waals surface area contributed by atoms with Gasteiger partial charge in [-0.1, -0.05) is 11.3 Å². The average molecular weight is 322 g/mol. The van der Waals surface area contributed by atoms with Gasteiger partial charge in [0.2, 0.25) is 5.13 Å². The Kier molecular flexibility index (Phi) is 4.39. The fourth-order valence-electron chi connectivity index (χ4n) is 2.07. The summed E-state index contributed by atoms with van der Waals surface area (Å²) in [5.74, 6) is 1.98. The van der Waals surface area contributed by atoms with E-state index in [9.17, 15) is 4.79 Å². The monoisotopic (exact) mass is 322 g/mol. The fourth-order valence-corrected chi connectivity index (χ4v) is 2.98. The SMILES string of the molecule is COC[C@H](NC(=O)Nc1nnc(C2CC2)s1)c1ccc(C)o1. The fraction of sp³-hybridized carbons (Fsp3) is 0.500. The predicted octanol–water partition coefficient (Wildman–Crippen LogP) is 2.83. The minimum absolute atomic E-state index is 0.323. The molecule has 0 bridgehead atoms. The third kappa shape index (κ3) is 3.63. The summed E-state index contributed by atoms with van der Waals surface area (Å²) in [4.78, 5) is 12.1. The number of aryl methyl sites for hydroxylation is 1. The van der Waals surface area contributed by atoms with Crippen LogP contribution in [0.5, 0.6) is 0 Å². The van der Waals surface area contributed by atoms with E-state index in [-0.39, 0.29) is 12.1 Å². The quantitative estimate of drug-likeness (QED) is 0.853. The Morgan fingerprint density at radius 2 is 2.32 bits per heavy atom. The molecular formula is C14H18N4O3S. The molecule has 2 amide bonds. The zero-order chi connectivity index (χ0) is 15.5. The largest absolute Gasteiger partial charge is 0.464 e. The van der Waals surface area contributed by atoms with Gasteiger partial charge < -0.3 is 14.5 Å². The normalized spacial score (nSPS) is 15.5. The number of nitrogens with one attached hydrogen (secondary N) is 2. The molecule has 2 aromatic rings. The number of ether oxygens (including phenoxy) is 1. The molecule has 1 atom stereocenters. The second kappa shape index (κ2) is 6.45. The molecule has 0 aliphatic heterocycles. The highest BCUT2D eigenvalue weighted by Crippen LogP contribution is 2.42. The standard InChI is InChI=1S/C14H18N4O3S/c1-8-3-6-11(21-8)10(7-20-2)15-13(19)16-14-18-17-12(22-14)9-4-5-9/h3,6,9-10H,4-5,7H2,1-2H3,(H2,15,16,18,19)/t10-/m0/s1. The maximum absolute atomic E-state index is 12.1. The van der Waals surface area contributed by atoms with Gasteiger partial charge in [0.25, 0.3) is 0 Å². The van der Waals surface area contributed by atoms with Crippen LogP contribution in [0.25, 0.3) is 0 Å². The number of anilines is 1. The molecule has 1 aliphatic rings. The first-order chi connectivity index (χ1) is 10.7. The highest BCUT2D eigenvalue weighted by molar-refractivity contribution is 7.15. The molecule has 2 aromatic heterocycles. The number of rotatable bonds is 6. The van der Waals surface area contributed by atoms with Crippen molar-refractivity contribution >= 4 is 22.5 Å². The van der Waals surface area contributed by atoms with E-state index in [2.05, 4.69) is 20.8 Å². The smallest absolute Gasteiger partial charge is 0.321 e. The van der Waals surface area contributed by atoms with Gasteiger partial charge in [-0.2, -0.15) is 0 Å². The summed E-state index contributed by atoms with van der Waals surface area (Å²) in [5.41, 5.74) is 0. The molecule has 3 rings (SSSR count). The van der Waals surface area contributed by atoms with Crippen molar-refractivity contribution in [3.8, 4) is 0 Å². The topological polar surface area (TPSA) is 89.3 Å². The van der Waals surface area contributed by atoms with Gasteiger partial charge in [0, 0.05) is 13.0 Å². The summed E-state index contributed by atoms with van der Waals surface area (Å²) < 4.78 is 10.7. The van der Waals surface area contributed by atoms with E-state index in [0.29, 0.717) is 23.4 Å². The third-order valence-corrected chi connectivity index (χ3v) is 4.33. The number of hydrogen-bond donors (Lipinski definition) is 2. The predicted molar refractivity (Wildman–Crippen MR) is 82.1 cm³/mol. The van der Waals surface area contributed by atoms with Gasteiger partial charge in [0.05, 0.1) is 6.61 Å². The molecule has 7 nitrogen and oxygen atoms in total. The van der Waals surface area contributed by atoms with E-state index < -0.39 is 0 Å². The van der Waals surface area contributed by atoms with Gasteiger partial charge in [-0.15, -0.1) is 10.2 Å². The zero-order valence-electron chi connectivity index (χ0n) is 12.5. The van der Waals surface area contributed by atoms with Crippen molar-refractivity contribution in [3.05, 3.63) is 28.7 Å². The van der Waals surface area contributed by atoms with Crippen LogP contribution in [0.15, 0.2) is 16.5 Å². The molecule has 118 valence electrons.